The predicted molar refractivity (Wildman–Crippen MR) is 59.3 cm³/mol. The number of halogens is 1. The van der Waals surface area contributed by atoms with Crippen LogP contribution in [-0.4, -0.2) is 16.0 Å². The summed E-state index contributed by atoms with van der Waals surface area (Å²) in [6, 6.07) is 3.34. The van der Waals surface area contributed by atoms with Gasteiger partial charge in [-0.2, -0.15) is 0 Å². The summed E-state index contributed by atoms with van der Waals surface area (Å²) in [5.74, 6) is 0.310. The monoisotopic (exact) mass is 229 g/mol. The Morgan fingerprint density at radius 2 is 2.29 bits per heavy atom. The Kier molecular flexibility index (Phi) is 3.79. The smallest absolute Gasteiger partial charge is 0.222 e. The van der Waals surface area contributed by atoms with E-state index in [0.717, 1.165) is 0 Å². The van der Waals surface area contributed by atoms with Gasteiger partial charge in [0.1, 0.15) is 5.82 Å². The molecule has 0 atom stereocenters. The Morgan fingerprint density at radius 1 is 1.57 bits per heavy atom. The number of thiocarbonyl (C=S) groups is 1. The average molecular weight is 230 g/mol. The molecule has 0 radical (unpaired) electrons. The average Bonchev–Trinajstić information content (AvgIpc) is 2.07. The van der Waals surface area contributed by atoms with Crippen LogP contribution in [-0.2, 0) is 4.79 Å². The Bertz CT molecular complexity index is 352. The lowest BCUT2D eigenvalue weighted by Gasteiger charge is -2.06. The summed E-state index contributed by atoms with van der Waals surface area (Å²) in [5.41, 5.74) is 0. The largest absolute Gasteiger partial charge is 0.317 e. The van der Waals surface area contributed by atoms with Crippen molar-refractivity contribution < 1.29 is 4.79 Å². The molecule has 0 spiro atoms. The molecule has 0 saturated heterocycles. The van der Waals surface area contributed by atoms with Crippen LogP contribution in [0.4, 0.5) is 5.82 Å². The molecular weight excluding hydrogens is 222 g/mol. The molecule has 0 aliphatic carbocycles. The third-order valence-electron chi connectivity index (χ3n) is 1.26. The molecule has 1 rings (SSSR count). The van der Waals surface area contributed by atoms with Gasteiger partial charge < -0.3 is 10.6 Å². The molecule has 1 amide bonds. The minimum absolute atomic E-state index is 0.215. The van der Waals surface area contributed by atoms with E-state index in [0.29, 0.717) is 10.8 Å². The molecule has 0 bridgehead atoms. The maximum absolute atomic E-state index is 10.6. The van der Waals surface area contributed by atoms with Gasteiger partial charge >= 0.3 is 0 Å². The molecule has 0 fully saturated rings. The highest BCUT2D eigenvalue weighted by Gasteiger charge is 1.99. The van der Waals surface area contributed by atoms with Crippen molar-refractivity contribution in [2.24, 2.45) is 0 Å². The van der Waals surface area contributed by atoms with E-state index >= 15 is 0 Å². The summed E-state index contributed by atoms with van der Waals surface area (Å²) in [6.07, 6.45) is 1.49. The van der Waals surface area contributed by atoms with Crippen LogP contribution in [0.1, 0.15) is 6.92 Å². The van der Waals surface area contributed by atoms with Crippen molar-refractivity contribution >= 4 is 40.7 Å². The Morgan fingerprint density at radius 3 is 2.79 bits per heavy atom. The third kappa shape index (κ3) is 3.68. The number of aromatic nitrogens is 1. The molecule has 1 heterocycles. The normalized spacial score (nSPS) is 9.29. The van der Waals surface area contributed by atoms with Gasteiger partial charge in [-0.15, -0.1) is 0 Å². The first-order valence-corrected chi connectivity index (χ1v) is 4.56. The molecule has 14 heavy (non-hydrogen) atoms. The highest BCUT2D eigenvalue weighted by molar-refractivity contribution is 7.80. The fraction of sp³-hybridized carbons (Fsp3) is 0.125. The minimum Gasteiger partial charge on any atom is -0.317 e. The Balaban J connectivity index is 2.56. The minimum atomic E-state index is -0.225. The number of anilines is 1. The number of hydrogen-bond acceptors (Lipinski definition) is 3. The molecule has 0 saturated carbocycles. The van der Waals surface area contributed by atoms with Gasteiger partial charge in [0.15, 0.2) is 5.11 Å². The molecule has 6 heteroatoms. The van der Waals surface area contributed by atoms with Crippen molar-refractivity contribution in [3.8, 4) is 0 Å². The van der Waals surface area contributed by atoms with E-state index < -0.39 is 0 Å². The van der Waals surface area contributed by atoms with Gasteiger partial charge in [-0.25, -0.2) is 4.98 Å². The van der Waals surface area contributed by atoms with Gasteiger partial charge in [0.05, 0.1) is 5.02 Å². The lowest BCUT2D eigenvalue weighted by molar-refractivity contribution is -0.117. The third-order valence-corrected chi connectivity index (χ3v) is 1.69. The van der Waals surface area contributed by atoms with Crippen molar-refractivity contribution in [2.45, 2.75) is 6.92 Å². The lowest BCUT2D eigenvalue weighted by Crippen LogP contribution is -2.32. The maximum atomic E-state index is 10.6. The van der Waals surface area contributed by atoms with E-state index in [-0.39, 0.29) is 11.0 Å². The number of pyridine rings is 1. The zero-order chi connectivity index (χ0) is 10.6. The zero-order valence-corrected chi connectivity index (χ0v) is 8.95. The van der Waals surface area contributed by atoms with Crippen LogP contribution in [0.3, 0.4) is 0 Å². The number of hydrogen-bond donors (Lipinski definition) is 2. The van der Waals surface area contributed by atoms with Crippen LogP contribution in [0.25, 0.3) is 0 Å². The zero-order valence-electron chi connectivity index (χ0n) is 7.37. The second kappa shape index (κ2) is 4.88. The van der Waals surface area contributed by atoms with Crippen LogP contribution in [0.15, 0.2) is 18.3 Å². The SMILES string of the molecule is CC(=O)NC(=S)Nc1ccc(Cl)cn1. The van der Waals surface area contributed by atoms with E-state index in [4.69, 9.17) is 23.8 Å². The number of amides is 1. The number of nitrogens with one attached hydrogen (secondary N) is 2. The standard InChI is InChI=1S/C8H8ClN3OS/c1-5(13)11-8(14)12-7-3-2-6(9)4-10-7/h2-4H,1H3,(H2,10,11,12,13,14). The van der Waals surface area contributed by atoms with Crippen molar-refractivity contribution in [3.63, 3.8) is 0 Å². The second-order valence-corrected chi connectivity index (χ2v) is 3.34. The van der Waals surface area contributed by atoms with Crippen molar-refractivity contribution in [1.29, 1.82) is 0 Å². The fourth-order valence-electron chi connectivity index (χ4n) is 0.757. The summed E-state index contributed by atoms with van der Waals surface area (Å²) in [5, 5.41) is 5.90. The van der Waals surface area contributed by atoms with Crippen molar-refractivity contribution in [2.75, 3.05) is 5.32 Å². The maximum Gasteiger partial charge on any atom is 0.222 e. The molecule has 0 aromatic carbocycles. The lowest BCUT2D eigenvalue weighted by atomic mass is 10.4. The molecule has 1 aromatic rings. The van der Waals surface area contributed by atoms with Crippen LogP contribution in [0.5, 0.6) is 0 Å². The predicted octanol–water partition coefficient (Wildman–Crippen LogP) is 1.57. The van der Waals surface area contributed by atoms with E-state index in [2.05, 4.69) is 15.6 Å². The quantitative estimate of drug-likeness (QED) is 0.718. The van der Waals surface area contributed by atoms with Gasteiger partial charge in [-0.3, -0.25) is 4.79 Å². The van der Waals surface area contributed by atoms with E-state index in [1.54, 1.807) is 12.1 Å². The Hall–Kier alpha value is -1.20. The van der Waals surface area contributed by atoms with E-state index in [9.17, 15) is 4.79 Å². The van der Waals surface area contributed by atoms with Crippen molar-refractivity contribution in [3.05, 3.63) is 23.4 Å². The van der Waals surface area contributed by atoms with Gasteiger partial charge in [-0.1, -0.05) is 11.6 Å². The number of nitrogens with zero attached hydrogens (tertiary/aromatic N) is 1. The topological polar surface area (TPSA) is 54.0 Å². The van der Waals surface area contributed by atoms with Gasteiger partial charge in [-0.05, 0) is 24.4 Å². The highest BCUT2D eigenvalue weighted by atomic mass is 35.5. The fourth-order valence-corrected chi connectivity index (χ4v) is 1.12. The first kappa shape index (κ1) is 10.9. The van der Waals surface area contributed by atoms with Crippen molar-refractivity contribution in [1.82, 2.24) is 10.3 Å². The van der Waals surface area contributed by atoms with Crippen LogP contribution in [0, 0.1) is 0 Å². The molecule has 0 unspecified atom stereocenters. The molecule has 4 nitrogen and oxygen atoms in total. The molecule has 0 aliphatic heterocycles. The number of carbonyl (C=O) groups is 1. The number of carbonyl (C=O) groups excluding carboxylic acids is 1. The highest BCUT2D eigenvalue weighted by Crippen LogP contribution is 2.08. The first-order valence-electron chi connectivity index (χ1n) is 3.78. The molecule has 0 aliphatic rings. The van der Waals surface area contributed by atoms with Gasteiger partial charge in [0, 0.05) is 13.1 Å². The molecule has 74 valence electrons. The first-order chi connectivity index (χ1) is 6.58. The van der Waals surface area contributed by atoms with Crippen LogP contribution < -0.4 is 10.6 Å². The molecular formula is C8H8ClN3OS. The van der Waals surface area contributed by atoms with E-state index in [1.165, 1.54) is 13.1 Å². The summed E-state index contributed by atoms with van der Waals surface area (Å²) in [6.45, 7) is 1.38. The Labute approximate surface area is 91.7 Å². The van der Waals surface area contributed by atoms with Crippen LogP contribution >= 0.6 is 23.8 Å². The molecule has 2 N–H and O–H groups in total. The molecule has 1 aromatic heterocycles. The van der Waals surface area contributed by atoms with Gasteiger partial charge in [0.25, 0.3) is 0 Å². The summed E-state index contributed by atoms with van der Waals surface area (Å²) >= 11 is 10.5. The van der Waals surface area contributed by atoms with Crippen LogP contribution in [0.2, 0.25) is 5.02 Å². The van der Waals surface area contributed by atoms with E-state index in [1.807, 2.05) is 0 Å². The number of rotatable bonds is 1. The van der Waals surface area contributed by atoms with Gasteiger partial charge in [0.2, 0.25) is 5.91 Å². The summed E-state index contributed by atoms with van der Waals surface area (Å²) in [7, 11) is 0. The second-order valence-electron chi connectivity index (χ2n) is 2.50. The summed E-state index contributed by atoms with van der Waals surface area (Å²) in [4.78, 5) is 14.6. The summed E-state index contributed by atoms with van der Waals surface area (Å²) < 4.78 is 0.